The van der Waals surface area contributed by atoms with Crippen LogP contribution in [-0.4, -0.2) is 31.1 Å². The highest BCUT2D eigenvalue weighted by molar-refractivity contribution is 7.21. The second-order valence-electron chi connectivity index (χ2n) is 7.30. The lowest BCUT2D eigenvalue weighted by Gasteiger charge is -2.09. The van der Waals surface area contributed by atoms with Crippen molar-refractivity contribution in [1.82, 2.24) is 5.43 Å². The van der Waals surface area contributed by atoms with Crippen LogP contribution >= 0.6 is 46.1 Å². The Balaban J connectivity index is 1.40. The molecule has 4 aromatic rings. The summed E-state index contributed by atoms with van der Waals surface area (Å²) >= 11 is 19.5. The number of rotatable bonds is 6. The number of methoxy groups -OCH3 is 1. The molecule has 2 amide bonds. The molecule has 2 N–H and O–H groups in total. The van der Waals surface area contributed by atoms with E-state index in [0.29, 0.717) is 10.6 Å². The van der Waals surface area contributed by atoms with Crippen molar-refractivity contribution in [3.63, 3.8) is 0 Å². The molecule has 0 unspecified atom stereocenters. The second-order valence-corrected chi connectivity index (χ2v) is 9.51. The first-order chi connectivity index (χ1) is 17.8. The minimum Gasteiger partial charge on any atom is -0.493 e. The highest BCUT2D eigenvalue weighted by Crippen LogP contribution is 2.37. The van der Waals surface area contributed by atoms with E-state index in [9.17, 15) is 14.4 Å². The van der Waals surface area contributed by atoms with E-state index in [1.165, 1.54) is 42.9 Å². The predicted octanol–water partition coefficient (Wildman–Crippen LogP) is 6.18. The van der Waals surface area contributed by atoms with Crippen LogP contribution in [0, 0.1) is 0 Å². The van der Waals surface area contributed by atoms with Crippen LogP contribution in [0.25, 0.3) is 10.1 Å². The van der Waals surface area contributed by atoms with Crippen molar-refractivity contribution in [2.75, 3.05) is 12.4 Å². The van der Waals surface area contributed by atoms with Crippen LogP contribution in [-0.2, 0) is 9.59 Å². The summed E-state index contributed by atoms with van der Waals surface area (Å²) in [5.41, 5.74) is 2.79. The summed E-state index contributed by atoms with van der Waals surface area (Å²) in [6, 6.07) is 16.6. The van der Waals surface area contributed by atoms with Gasteiger partial charge in [0, 0.05) is 10.1 Å². The van der Waals surface area contributed by atoms with Gasteiger partial charge in [-0.1, -0.05) is 59.1 Å². The van der Waals surface area contributed by atoms with Crippen molar-refractivity contribution in [2.45, 2.75) is 0 Å². The molecule has 0 aliphatic heterocycles. The van der Waals surface area contributed by atoms with Gasteiger partial charge in [0.05, 0.1) is 34.1 Å². The Hall–Kier alpha value is -3.63. The summed E-state index contributed by atoms with van der Waals surface area (Å²) in [5.74, 6) is -2.22. The Morgan fingerprint density at radius 2 is 1.70 bits per heavy atom. The Bertz CT molecular complexity index is 1550. The van der Waals surface area contributed by atoms with Crippen LogP contribution in [0.2, 0.25) is 15.1 Å². The molecule has 0 bridgehead atoms. The number of hydrogen-bond acceptors (Lipinski definition) is 7. The molecule has 0 radical (unpaired) electrons. The van der Waals surface area contributed by atoms with Crippen molar-refractivity contribution >= 4 is 85.9 Å². The average molecular weight is 577 g/mol. The molecule has 4 rings (SSSR count). The number of esters is 1. The number of amides is 2. The van der Waals surface area contributed by atoms with E-state index in [4.69, 9.17) is 44.3 Å². The molecule has 12 heteroatoms. The van der Waals surface area contributed by atoms with E-state index in [-0.39, 0.29) is 32.1 Å². The second kappa shape index (κ2) is 11.6. The summed E-state index contributed by atoms with van der Waals surface area (Å²) in [4.78, 5) is 37.2. The normalized spacial score (nSPS) is 10.9. The number of carbonyl (C=O) groups excluding carboxylic acids is 3. The first-order valence-corrected chi connectivity index (χ1v) is 12.4. The Kier molecular flexibility index (Phi) is 8.30. The number of nitrogens with zero attached hydrogens (tertiary/aromatic N) is 1. The minimum absolute atomic E-state index is 0.108. The number of halogens is 3. The largest absolute Gasteiger partial charge is 0.493 e. The first kappa shape index (κ1) is 26.4. The summed E-state index contributed by atoms with van der Waals surface area (Å²) in [6.45, 7) is 0. The number of nitrogens with one attached hydrogen (secondary N) is 2. The lowest BCUT2D eigenvalue weighted by atomic mass is 10.2. The molecule has 0 aliphatic carbocycles. The molecule has 188 valence electrons. The van der Waals surface area contributed by atoms with Crippen molar-refractivity contribution in [1.29, 1.82) is 0 Å². The fourth-order valence-electron chi connectivity index (χ4n) is 3.14. The van der Waals surface area contributed by atoms with Gasteiger partial charge >= 0.3 is 17.8 Å². The van der Waals surface area contributed by atoms with E-state index in [2.05, 4.69) is 15.8 Å². The predicted molar refractivity (Wildman–Crippen MR) is 146 cm³/mol. The lowest BCUT2D eigenvalue weighted by Crippen LogP contribution is -2.32. The molecular formula is C25H16Cl3N3O5S. The van der Waals surface area contributed by atoms with E-state index >= 15 is 0 Å². The van der Waals surface area contributed by atoms with Crippen LogP contribution in [0.3, 0.4) is 0 Å². The number of fused-ring (bicyclic) bond motifs is 1. The van der Waals surface area contributed by atoms with Crippen LogP contribution in [0.4, 0.5) is 5.69 Å². The van der Waals surface area contributed by atoms with Gasteiger partial charge in [-0.15, -0.1) is 11.3 Å². The maximum absolute atomic E-state index is 12.8. The number of carbonyl (C=O) groups is 3. The molecule has 3 aromatic carbocycles. The molecule has 0 saturated carbocycles. The summed E-state index contributed by atoms with van der Waals surface area (Å²) in [7, 11) is 1.41. The molecule has 8 nitrogen and oxygen atoms in total. The Morgan fingerprint density at radius 3 is 2.46 bits per heavy atom. The monoisotopic (exact) mass is 575 g/mol. The topological polar surface area (TPSA) is 106 Å². The molecule has 0 atom stereocenters. The maximum Gasteiger partial charge on any atom is 0.355 e. The third kappa shape index (κ3) is 6.03. The molecule has 0 saturated heterocycles. The minimum atomic E-state index is -1.02. The van der Waals surface area contributed by atoms with Gasteiger partial charge in [-0.25, -0.2) is 10.2 Å². The zero-order valence-electron chi connectivity index (χ0n) is 18.9. The van der Waals surface area contributed by atoms with E-state index in [0.717, 1.165) is 10.1 Å². The fourth-order valence-corrected chi connectivity index (χ4v) is 4.87. The van der Waals surface area contributed by atoms with Gasteiger partial charge in [-0.2, -0.15) is 5.10 Å². The fraction of sp³-hybridized carbons (Fsp3) is 0.0400. The molecular weight excluding hydrogens is 561 g/mol. The highest BCUT2D eigenvalue weighted by Gasteiger charge is 2.20. The quantitative estimate of drug-likeness (QED) is 0.0938. The summed E-state index contributed by atoms with van der Waals surface area (Å²) < 4.78 is 11.7. The number of hydrazone groups is 1. The number of benzene rings is 3. The van der Waals surface area contributed by atoms with Crippen LogP contribution in [0.5, 0.6) is 11.5 Å². The van der Waals surface area contributed by atoms with Gasteiger partial charge in [0.1, 0.15) is 4.88 Å². The molecule has 1 aromatic heterocycles. The number of hydrogen-bond donors (Lipinski definition) is 2. The zero-order chi connectivity index (χ0) is 26.5. The molecule has 0 fully saturated rings. The van der Waals surface area contributed by atoms with Crippen molar-refractivity contribution in [3.8, 4) is 11.5 Å². The van der Waals surface area contributed by atoms with E-state index in [1.807, 2.05) is 24.3 Å². The summed E-state index contributed by atoms with van der Waals surface area (Å²) in [6.07, 6.45) is 1.29. The standard InChI is InChI=1S/C25H16Cl3N3O5S/c1-35-18-11-13(12-29-31-24(33)23(32)30-16-7-4-6-15(26)21(16)28)9-10-17(18)36-25(34)22-20(27)14-5-2-3-8-19(14)37-22/h2-12H,1H3,(H,30,32)(H,31,33)/b29-12+. The van der Waals surface area contributed by atoms with E-state index in [1.54, 1.807) is 18.2 Å². The van der Waals surface area contributed by atoms with Crippen molar-refractivity contribution in [3.05, 3.63) is 86.2 Å². The van der Waals surface area contributed by atoms with Gasteiger partial charge < -0.3 is 14.8 Å². The summed E-state index contributed by atoms with van der Waals surface area (Å²) in [5, 5.41) is 7.55. The van der Waals surface area contributed by atoms with Crippen LogP contribution in [0.15, 0.2) is 65.8 Å². The number of anilines is 1. The third-order valence-corrected chi connectivity index (χ3v) is 7.37. The smallest absolute Gasteiger partial charge is 0.355 e. The van der Waals surface area contributed by atoms with Crippen molar-refractivity contribution < 1.29 is 23.9 Å². The SMILES string of the molecule is COc1cc(/C=N/NC(=O)C(=O)Nc2cccc(Cl)c2Cl)ccc1OC(=O)c1sc2ccccc2c1Cl. The lowest BCUT2D eigenvalue weighted by molar-refractivity contribution is -0.136. The molecule has 37 heavy (non-hydrogen) atoms. The number of ether oxygens (including phenoxy) is 2. The van der Waals surface area contributed by atoms with Gasteiger partial charge in [-0.3, -0.25) is 9.59 Å². The van der Waals surface area contributed by atoms with Crippen LogP contribution < -0.4 is 20.2 Å². The Morgan fingerprint density at radius 1 is 0.919 bits per heavy atom. The van der Waals surface area contributed by atoms with Gasteiger partial charge in [0.2, 0.25) is 0 Å². The van der Waals surface area contributed by atoms with Gasteiger partial charge in [0.15, 0.2) is 11.5 Å². The first-order valence-electron chi connectivity index (χ1n) is 10.4. The third-order valence-electron chi connectivity index (χ3n) is 4.90. The number of thiophene rings is 1. The zero-order valence-corrected chi connectivity index (χ0v) is 22.0. The Labute approximate surface area is 229 Å². The molecule has 1 heterocycles. The van der Waals surface area contributed by atoms with Crippen LogP contribution in [0.1, 0.15) is 15.2 Å². The van der Waals surface area contributed by atoms with Gasteiger partial charge in [-0.05, 0) is 42.0 Å². The van der Waals surface area contributed by atoms with E-state index < -0.39 is 17.8 Å². The van der Waals surface area contributed by atoms with Crippen molar-refractivity contribution in [2.24, 2.45) is 5.10 Å². The maximum atomic E-state index is 12.8. The highest BCUT2D eigenvalue weighted by atomic mass is 35.5. The average Bonchev–Trinajstić information content (AvgIpc) is 3.24. The molecule has 0 spiro atoms. The van der Waals surface area contributed by atoms with Gasteiger partial charge in [0.25, 0.3) is 0 Å². The molecule has 0 aliphatic rings.